The number of carbonyl (C=O) groups excluding carboxylic acids is 3. The van der Waals surface area contributed by atoms with Crippen LogP contribution >= 0.6 is 0 Å². The molecule has 3 aliphatic rings. The molecule has 0 fully saturated rings. The molecule has 0 unspecified atom stereocenters. The molecule has 0 saturated carbocycles. The number of nitrogens with zero attached hydrogens (tertiary/aromatic N) is 1. The molecule has 2 aromatic carbocycles. The van der Waals surface area contributed by atoms with Crippen molar-refractivity contribution in [3.05, 3.63) is 57.6 Å². The van der Waals surface area contributed by atoms with E-state index in [0.29, 0.717) is 44.0 Å². The topological polar surface area (TPSA) is 115 Å². The summed E-state index contributed by atoms with van der Waals surface area (Å²) >= 11 is 0. The third-order valence-corrected chi connectivity index (χ3v) is 6.95. The van der Waals surface area contributed by atoms with E-state index in [1.54, 1.807) is 0 Å². The Labute approximate surface area is 202 Å². The van der Waals surface area contributed by atoms with Gasteiger partial charge in [-0.25, -0.2) is 4.79 Å². The number of hydrogen-bond acceptors (Lipinski definition) is 8. The highest BCUT2D eigenvalue weighted by Crippen LogP contribution is 2.52. The molecule has 0 aromatic heterocycles. The number of ketones is 2. The molecule has 8 nitrogen and oxygen atoms in total. The minimum atomic E-state index is -0.720. The van der Waals surface area contributed by atoms with Crippen molar-refractivity contribution < 1.29 is 28.7 Å². The normalized spacial score (nSPS) is 18.0. The van der Waals surface area contributed by atoms with Crippen molar-refractivity contribution in [3.8, 4) is 11.1 Å². The maximum absolute atomic E-state index is 13.1. The van der Waals surface area contributed by atoms with Gasteiger partial charge in [0.15, 0.2) is 0 Å². The van der Waals surface area contributed by atoms with Gasteiger partial charge in [0.25, 0.3) is 0 Å². The van der Waals surface area contributed by atoms with Gasteiger partial charge in [0, 0.05) is 44.1 Å². The first-order valence-corrected chi connectivity index (χ1v) is 11.7. The average molecular weight is 475 g/mol. The van der Waals surface area contributed by atoms with Gasteiger partial charge in [0.1, 0.15) is 5.71 Å². The molecule has 2 aromatic rings. The van der Waals surface area contributed by atoms with Gasteiger partial charge >= 0.3 is 5.97 Å². The largest absolute Gasteiger partial charge is 0.380 e. The smallest absolute Gasteiger partial charge is 0.331 e. The second-order valence-electron chi connectivity index (χ2n) is 9.08. The van der Waals surface area contributed by atoms with E-state index in [-0.39, 0.29) is 29.4 Å². The third kappa shape index (κ3) is 3.56. The number of Topliss-reactive ketones (excluding diaryl/α,β-unsaturated/α-hetero) is 2. The van der Waals surface area contributed by atoms with Crippen LogP contribution in [0.25, 0.3) is 11.1 Å². The summed E-state index contributed by atoms with van der Waals surface area (Å²) < 4.78 is 11.9. The first-order chi connectivity index (χ1) is 16.8. The molecule has 3 aliphatic carbocycles. The minimum absolute atomic E-state index is 0.0926. The van der Waals surface area contributed by atoms with E-state index in [1.807, 2.05) is 38.1 Å². The molecule has 0 bridgehead atoms. The van der Waals surface area contributed by atoms with Crippen LogP contribution in [0.15, 0.2) is 29.4 Å². The Kier molecular flexibility index (Phi) is 5.73. The highest BCUT2D eigenvalue weighted by Gasteiger charge is 2.47. The van der Waals surface area contributed by atoms with E-state index >= 15 is 0 Å². The van der Waals surface area contributed by atoms with Crippen molar-refractivity contribution in [2.24, 2.45) is 5.16 Å². The molecule has 8 heteroatoms. The summed E-state index contributed by atoms with van der Waals surface area (Å²) in [6.45, 7) is 6.70. The molecule has 5 rings (SSSR count). The zero-order chi connectivity index (χ0) is 24.9. The Hall–Kier alpha value is -3.49. The maximum Gasteiger partial charge on any atom is 0.331 e. The van der Waals surface area contributed by atoms with Crippen molar-refractivity contribution in [2.75, 3.05) is 26.4 Å². The highest BCUT2D eigenvalue weighted by molar-refractivity contribution is 6.49. The molecule has 0 amide bonds. The van der Waals surface area contributed by atoms with Crippen LogP contribution in [0.4, 0.5) is 0 Å². The van der Waals surface area contributed by atoms with Crippen LogP contribution in [0.2, 0.25) is 0 Å². The van der Waals surface area contributed by atoms with Crippen molar-refractivity contribution >= 4 is 29.0 Å². The number of nitrogens with one attached hydrogen (secondary N) is 1. The molecular formula is C27H26N2O6. The average Bonchev–Trinajstić information content (AvgIpc) is 3.40. The number of ether oxygens (including phenoxy) is 2. The van der Waals surface area contributed by atoms with Crippen LogP contribution in [0.1, 0.15) is 63.7 Å². The first kappa shape index (κ1) is 23.3. The van der Waals surface area contributed by atoms with Gasteiger partial charge < -0.3 is 19.7 Å². The van der Waals surface area contributed by atoms with Crippen molar-refractivity contribution in [3.63, 3.8) is 0 Å². The lowest BCUT2D eigenvalue weighted by Crippen LogP contribution is -2.37. The fourth-order valence-corrected chi connectivity index (χ4v) is 5.33. The van der Waals surface area contributed by atoms with Gasteiger partial charge in [-0.15, -0.1) is 0 Å². The number of fused-ring (bicyclic) bond motifs is 5. The number of hydrogen-bond donors (Lipinski definition) is 1. The van der Waals surface area contributed by atoms with Crippen LogP contribution < -0.4 is 0 Å². The predicted octanol–water partition coefficient (Wildman–Crippen LogP) is 3.44. The van der Waals surface area contributed by atoms with Gasteiger partial charge in [-0.3, -0.25) is 9.59 Å². The molecule has 0 atom stereocenters. The lowest BCUT2D eigenvalue weighted by Gasteiger charge is -2.32. The third-order valence-electron chi connectivity index (χ3n) is 6.95. The van der Waals surface area contributed by atoms with Crippen LogP contribution in [-0.4, -0.2) is 55.4 Å². The summed E-state index contributed by atoms with van der Waals surface area (Å²) in [4.78, 5) is 41.7. The van der Waals surface area contributed by atoms with Crippen LogP contribution in [-0.2, 0) is 37.4 Å². The van der Waals surface area contributed by atoms with Gasteiger partial charge in [0.05, 0.1) is 24.3 Å². The molecule has 0 saturated heterocycles. The van der Waals surface area contributed by atoms with E-state index in [4.69, 9.17) is 19.7 Å². The van der Waals surface area contributed by atoms with Crippen LogP contribution in [0.5, 0.6) is 0 Å². The van der Waals surface area contributed by atoms with Crippen molar-refractivity contribution in [2.45, 2.75) is 39.0 Å². The zero-order valence-electron chi connectivity index (χ0n) is 19.9. The SMILES string of the molecule is CCOCC1(COCC)c2cc3c(cc2-c2cc4c(cc21)C(=O)/C(=N/OC(C)=O)C4)CC(=N)C3=O. The van der Waals surface area contributed by atoms with Crippen molar-refractivity contribution in [1.82, 2.24) is 0 Å². The fourth-order valence-electron chi connectivity index (χ4n) is 5.33. The Morgan fingerprint density at radius 1 is 0.886 bits per heavy atom. The quantitative estimate of drug-likeness (QED) is 0.486. The van der Waals surface area contributed by atoms with E-state index in [9.17, 15) is 14.4 Å². The summed E-state index contributed by atoms with van der Waals surface area (Å²) in [5.74, 6) is -1.10. The summed E-state index contributed by atoms with van der Waals surface area (Å²) in [5.41, 5.74) is 6.01. The number of carbonyl (C=O) groups is 3. The zero-order valence-corrected chi connectivity index (χ0v) is 19.9. The van der Waals surface area contributed by atoms with E-state index < -0.39 is 11.4 Å². The van der Waals surface area contributed by atoms with Gasteiger partial charge in [0.2, 0.25) is 11.6 Å². The monoisotopic (exact) mass is 474 g/mol. The Bertz CT molecular complexity index is 1330. The minimum Gasteiger partial charge on any atom is -0.380 e. The maximum atomic E-state index is 13.1. The molecule has 0 aliphatic heterocycles. The summed E-state index contributed by atoms with van der Waals surface area (Å²) in [6, 6.07) is 7.77. The lowest BCUT2D eigenvalue weighted by atomic mass is 9.78. The first-order valence-electron chi connectivity index (χ1n) is 11.7. The lowest BCUT2D eigenvalue weighted by molar-refractivity contribution is -0.140. The van der Waals surface area contributed by atoms with Crippen LogP contribution in [0, 0.1) is 5.41 Å². The number of oxime groups is 1. The molecule has 180 valence electrons. The standard InChI is InChI=1S/C27H26N2O6/c1-4-33-12-27(13-34-5-2)21-10-17-15(8-23(28)25(17)31)6-19(21)20-7-16-9-24(29-35-14(3)30)26(32)18(16)11-22(20)27/h6-7,10-11,28H,4-5,8-9,12-13H2,1-3H3/b28-23?,29-24+. The molecule has 0 radical (unpaired) electrons. The Morgan fingerprint density at radius 2 is 1.43 bits per heavy atom. The highest BCUT2D eigenvalue weighted by atomic mass is 16.7. The Morgan fingerprint density at radius 3 is 1.97 bits per heavy atom. The van der Waals surface area contributed by atoms with E-state index in [2.05, 4.69) is 5.16 Å². The molecular weight excluding hydrogens is 448 g/mol. The van der Waals surface area contributed by atoms with Gasteiger partial charge in [-0.1, -0.05) is 5.16 Å². The second-order valence-corrected chi connectivity index (χ2v) is 9.08. The molecule has 35 heavy (non-hydrogen) atoms. The molecule has 0 heterocycles. The predicted molar refractivity (Wildman–Crippen MR) is 129 cm³/mol. The van der Waals surface area contributed by atoms with Gasteiger partial charge in [-0.2, -0.15) is 0 Å². The summed E-state index contributed by atoms with van der Waals surface area (Å²) in [6.07, 6.45) is 0.575. The summed E-state index contributed by atoms with van der Waals surface area (Å²) in [5, 5.41) is 11.8. The summed E-state index contributed by atoms with van der Waals surface area (Å²) in [7, 11) is 0. The van der Waals surface area contributed by atoms with Crippen LogP contribution in [0.3, 0.4) is 0 Å². The fraction of sp³-hybridized carbons (Fsp3) is 0.370. The second kappa shape index (κ2) is 8.62. The number of rotatable bonds is 7. The van der Waals surface area contributed by atoms with Gasteiger partial charge in [-0.05, 0) is 71.5 Å². The van der Waals surface area contributed by atoms with E-state index in [0.717, 1.165) is 33.4 Å². The molecule has 1 N–H and O–H groups in total. The van der Waals surface area contributed by atoms with Crippen molar-refractivity contribution in [1.29, 1.82) is 5.41 Å². The molecule has 0 spiro atoms. The van der Waals surface area contributed by atoms with E-state index in [1.165, 1.54) is 6.92 Å². The Balaban J connectivity index is 1.72. The number of benzene rings is 2.